The molecule has 0 unspecified atom stereocenters. The summed E-state index contributed by atoms with van der Waals surface area (Å²) >= 11 is 0. The quantitative estimate of drug-likeness (QED) is 0.300. The average Bonchev–Trinajstić information content (AvgIpc) is 3.67. The molecule has 0 amide bonds. The molecule has 2 fully saturated rings. The van der Waals surface area contributed by atoms with E-state index in [0.717, 1.165) is 74.2 Å². The number of likely N-dealkylation sites (tertiary alicyclic amines) is 1. The first kappa shape index (κ1) is 28.7. The fourth-order valence-electron chi connectivity index (χ4n) is 6.68. The standard InChI is InChI=1S/C33H38N8O2S/c1-23-17-25(18-24(2)32(23)39-15-11-34-12-16-39)31-19-29-30(26-20-35-40(21-26)27-9-13-38(3)14-10-27)22-41(33(29)37-36-31)44(42,43)28-7-5-4-6-8-28/h4-8,17-22,27,34H,9-16H2,1-3H3. The third-order valence-electron chi connectivity index (χ3n) is 9.01. The molecule has 2 aliphatic rings. The van der Waals surface area contributed by atoms with Crippen LogP contribution >= 0.6 is 0 Å². The number of piperazine rings is 1. The smallest absolute Gasteiger partial charge is 0.269 e. The lowest BCUT2D eigenvalue weighted by Crippen LogP contribution is -2.44. The van der Waals surface area contributed by atoms with Crippen LogP contribution in [-0.2, 0) is 10.0 Å². The van der Waals surface area contributed by atoms with Crippen LogP contribution in [0.15, 0.2) is 72.0 Å². The SMILES string of the molecule is Cc1cc(-c2cc3c(-c4cnn(C5CCN(C)CC5)c4)cn(S(=O)(=O)c4ccccc4)c3nn2)cc(C)c1N1CCNCC1. The number of aromatic nitrogens is 5. The number of aryl methyl sites for hydroxylation is 2. The molecule has 44 heavy (non-hydrogen) atoms. The van der Waals surface area contributed by atoms with E-state index in [0.29, 0.717) is 17.4 Å². The number of piperidine rings is 1. The lowest BCUT2D eigenvalue weighted by Gasteiger charge is -2.32. The Morgan fingerprint density at radius 3 is 2.27 bits per heavy atom. The Balaban J connectivity index is 1.34. The molecular weight excluding hydrogens is 572 g/mol. The van der Waals surface area contributed by atoms with Crippen molar-refractivity contribution in [2.75, 3.05) is 51.2 Å². The summed E-state index contributed by atoms with van der Waals surface area (Å²) in [5, 5.41) is 18.0. The predicted octanol–water partition coefficient (Wildman–Crippen LogP) is 4.49. The summed E-state index contributed by atoms with van der Waals surface area (Å²) in [6.07, 6.45) is 7.61. The summed E-state index contributed by atoms with van der Waals surface area (Å²) in [7, 11) is -1.76. The molecule has 10 nitrogen and oxygen atoms in total. The fraction of sp³-hybridized carbons (Fsp3) is 0.364. The van der Waals surface area contributed by atoms with Gasteiger partial charge in [0.2, 0.25) is 0 Å². The molecule has 7 rings (SSSR count). The highest BCUT2D eigenvalue weighted by Gasteiger charge is 2.26. The monoisotopic (exact) mass is 610 g/mol. The number of fused-ring (bicyclic) bond motifs is 1. The maximum Gasteiger partial charge on any atom is 0.269 e. The van der Waals surface area contributed by atoms with Crippen LogP contribution in [-0.4, -0.2) is 83.6 Å². The van der Waals surface area contributed by atoms with Crippen LogP contribution in [0, 0.1) is 13.8 Å². The van der Waals surface area contributed by atoms with Gasteiger partial charge in [0.25, 0.3) is 10.0 Å². The second-order valence-electron chi connectivity index (χ2n) is 12.1. The molecular formula is C33H38N8O2S. The highest BCUT2D eigenvalue weighted by molar-refractivity contribution is 7.90. The van der Waals surface area contributed by atoms with Crippen molar-refractivity contribution in [2.45, 2.75) is 37.6 Å². The molecule has 0 spiro atoms. The number of hydrogen-bond acceptors (Lipinski definition) is 8. The van der Waals surface area contributed by atoms with E-state index in [1.54, 1.807) is 36.5 Å². The summed E-state index contributed by atoms with van der Waals surface area (Å²) in [4.78, 5) is 4.98. The first-order valence-electron chi connectivity index (χ1n) is 15.3. The summed E-state index contributed by atoms with van der Waals surface area (Å²) in [5.41, 5.74) is 7.23. The van der Waals surface area contributed by atoms with Gasteiger partial charge in [0.1, 0.15) is 0 Å². The maximum atomic E-state index is 13.9. The predicted molar refractivity (Wildman–Crippen MR) is 174 cm³/mol. The van der Waals surface area contributed by atoms with E-state index >= 15 is 0 Å². The first-order valence-corrected chi connectivity index (χ1v) is 16.7. The minimum absolute atomic E-state index is 0.200. The van der Waals surface area contributed by atoms with E-state index in [1.807, 2.05) is 23.1 Å². The Morgan fingerprint density at radius 2 is 1.57 bits per heavy atom. The maximum absolute atomic E-state index is 13.9. The van der Waals surface area contributed by atoms with Crippen LogP contribution in [0.25, 0.3) is 33.4 Å². The first-order chi connectivity index (χ1) is 21.3. The van der Waals surface area contributed by atoms with Crippen molar-refractivity contribution >= 4 is 26.7 Å². The average molecular weight is 611 g/mol. The van der Waals surface area contributed by atoms with E-state index in [-0.39, 0.29) is 4.90 Å². The third-order valence-corrected chi connectivity index (χ3v) is 10.7. The molecule has 0 atom stereocenters. The minimum Gasteiger partial charge on any atom is -0.369 e. The van der Waals surface area contributed by atoms with E-state index in [4.69, 9.17) is 5.10 Å². The van der Waals surface area contributed by atoms with Gasteiger partial charge in [-0.3, -0.25) is 4.68 Å². The Labute approximate surface area is 258 Å². The molecule has 5 heterocycles. The molecule has 0 saturated carbocycles. The summed E-state index contributed by atoms with van der Waals surface area (Å²) in [6.45, 7) is 10.2. The van der Waals surface area contributed by atoms with Gasteiger partial charge < -0.3 is 15.1 Å². The number of benzene rings is 2. The number of hydrogen-bond donors (Lipinski definition) is 1. The molecule has 0 bridgehead atoms. The molecule has 228 valence electrons. The van der Waals surface area contributed by atoms with Gasteiger partial charge in [0, 0.05) is 66.3 Å². The van der Waals surface area contributed by atoms with Gasteiger partial charge in [0.15, 0.2) is 5.65 Å². The molecule has 5 aromatic rings. The topological polar surface area (TPSA) is 101 Å². The van der Waals surface area contributed by atoms with Gasteiger partial charge in [0.05, 0.1) is 22.8 Å². The van der Waals surface area contributed by atoms with Crippen molar-refractivity contribution in [3.05, 3.63) is 78.2 Å². The lowest BCUT2D eigenvalue weighted by atomic mass is 10.00. The largest absolute Gasteiger partial charge is 0.369 e. The molecule has 3 aromatic heterocycles. The van der Waals surface area contributed by atoms with Crippen molar-refractivity contribution in [3.63, 3.8) is 0 Å². The van der Waals surface area contributed by atoms with E-state index in [9.17, 15) is 8.42 Å². The zero-order valence-corrected chi connectivity index (χ0v) is 26.3. The van der Waals surface area contributed by atoms with Crippen LogP contribution in [0.2, 0.25) is 0 Å². The Kier molecular flexibility index (Phi) is 7.47. The second kappa shape index (κ2) is 11.5. The Morgan fingerprint density at radius 1 is 0.864 bits per heavy atom. The van der Waals surface area contributed by atoms with Crippen LogP contribution in [0.4, 0.5) is 5.69 Å². The number of nitrogens with one attached hydrogen (secondary N) is 1. The van der Waals surface area contributed by atoms with Gasteiger partial charge in [-0.05, 0) is 88.3 Å². The molecule has 2 saturated heterocycles. The molecule has 2 aromatic carbocycles. The molecule has 2 aliphatic heterocycles. The van der Waals surface area contributed by atoms with Crippen LogP contribution in [0.1, 0.15) is 30.0 Å². The van der Waals surface area contributed by atoms with E-state index in [1.165, 1.54) is 20.8 Å². The van der Waals surface area contributed by atoms with Gasteiger partial charge in [-0.15, -0.1) is 10.2 Å². The van der Waals surface area contributed by atoms with Gasteiger partial charge in [-0.1, -0.05) is 18.2 Å². The van der Waals surface area contributed by atoms with Crippen LogP contribution in [0.3, 0.4) is 0 Å². The molecule has 0 aliphatic carbocycles. The Bertz CT molecular complexity index is 1890. The van der Waals surface area contributed by atoms with Crippen molar-refractivity contribution in [2.24, 2.45) is 0 Å². The normalized spacial score (nSPS) is 17.0. The Hall–Kier alpha value is -4.06. The van der Waals surface area contributed by atoms with Gasteiger partial charge in [-0.2, -0.15) is 5.10 Å². The van der Waals surface area contributed by atoms with Crippen molar-refractivity contribution in [1.29, 1.82) is 0 Å². The van der Waals surface area contributed by atoms with Crippen molar-refractivity contribution in [3.8, 4) is 22.4 Å². The number of anilines is 1. The number of nitrogens with zero attached hydrogens (tertiary/aromatic N) is 7. The number of rotatable bonds is 6. The highest BCUT2D eigenvalue weighted by Crippen LogP contribution is 2.36. The van der Waals surface area contributed by atoms with Crippen molar-refractivity contribution in [1.82, 2.24) is 34.2 Å². The van der Waals surface area contributed by atoms with Crippen LogP contribution in [0.5, 0.6) is 0 Å². The van der Waals surface area contributed by atoms with Gasteiger partial charge >= 0.3 is 0 Å². The molecule has 1 N–H and O–H groups in total. The van der Waals surface area contributed by atoms with Gasteiger partial charge in [-0.25, -0.2) is 12.4 Å². The summed E-state index contributed by atoms with van der Waals surface area (Å²) < 4.78 is 31.0. The minimum atomic E-state index is -3.91. The third kappa shape index (κ3) is 5.18. The fourth-order valence-corrected chi connectivity index (χ4v) is 8.02. The van der Waals surface area contributed by atoms with E-state index < -0.39 is 10.0 Å². The lowest BCUT2D eigenvalue weighted by molar-refractivity contribution is 0.212. The van der Waals surface area contributed by atoms with Crippen LogP contribution < -0.4 is 10.2 Å². The highest BCUT2D eigenvalue weighted by atomic mass is 32.2. The summed E-state index contributed by atoms with van der Waals surface area (Å²) in [5.74, 6) is 0. The second-order valence-corrected chi connectivity index (χ2v) is 13.9. The zero-order chi connectivity index (χ0) is 30.4. The molecule has 0 radical (unpaired) electrons. The zero-order valence-electron chi connectivity index (χ0n) is 25.4. The summed E-state index contributed by atoms with van der Waals surface area (Å²) in [6, 6.07) is 15.1. The van der Waals surface area contributed by atoms with Crippen molar-refractivity contribution < 1.29 is 8.42 Å². The molecule has 11 heteroatoms. The van der Waals surface area contributed by atoms with E-state index in [2.05, 4.69) is 58.3 Å².